The monoisotopic (exact) mass is 366 g/mol. The first kappa shape index (κ1) is 18.3. The van der Waals surface area contributed by atoms with Crippen molar-refractivity contribution in [1.29, 1.82) is 0 Å². The van der Waals surface area contributed by atoms with Crippen LogP contribution in [0.15, 0.2) is 30.3 Å². The highest BCUT2D eigenvalue weighted by Crippen LogP contribution is 2.36. The van der Waals surface area contributed by atoms with Gasteiger partial charge in [-0.15, -0.1) is 0 Å². The molecule has 1 N–H and O–H groups in total. The van der Waals surface area contributed by atoms with Crippen LogP contribution in [0.5, 0.6) is 17.2 Å². The molecule has 0 radical (unpaired) electrons. The average Bonchev–Trinajstić information content (AvgIpc) is 2.61. The summed E-state index contributed by atoms with van der Waals surface area (Å²) in [5.74, 6) is 0.283. The summed E-state index contributed by atoms with van der Waals surface area (Å²) in [6, 6.07) is 6.71. The molecule has 0 aliphatic heterocycles. The molecule has 0 fully saturated rings. The smallest absolute Gasteiger partial charge is 0.270 e. The fourth-order valence-corrected chi connectivity index (χ4v) is 2.38. The highest BCUT2D eigenvalue weighted by molar-refractivity contribution is 6.32. The number of nitrogens with zero attached hydrogens (tertiary/aromatic N) is 1. The number of ether oxygens (including phenoxy) is 3. The number of anilines is 1. The Labute approximate surface area is 148 Å². The van der Waals surface area contributed by atoms with Gasteiger partial charge in [0, 0.05) is 18.2 Å². The van der Waals surface area contributed by atoms with Crippen molar-refractivity contribution in [3.05, 3.63) is 51.0 Å². The number of methoxy groups -OCH3 is 3. The quantitative estimate of drug-likeness (QED) is 0.620. The Balaban J connectivity index is 2.41. The molecule has 0 spiro atoms. The average molecular weight is 367 g/mol. The Morgan fingerprint density at radius 2 is 1.68 bits per heavy atom. The van der Waals surface area contributed by atoms with Crippen LogP contribution in [0.3, 0.4) is 0 Å². The number of carbonyl (C=O) groups excluding carboxylic acids is 1. The van der Waals surface area contributed by atoms with E-state index in [9.17, 15) is 14.9 Å². The van der Waals surface area contributed by atoms with Crippen LogP contribution in [0.1, 0.15) is 10.4 Å². The predicted molar refractivity (Wildman–Crippen MR) is 92.2 cm³/mol. The normalized spacial score (nSPS) is 10.1. The van der Waals surface area contributed by atoms with Crippen LogP contribution < -0.4 is 19.5 Å². The van der Waals surface area contributed by atoms with Crippen LogP contribution in [-0.4, -0.2) is 32.2 Å². The third-order valence-electron chi connectivity index (χ3n) is 3.36. The molecule has 0 heterocycles. The Morgan fingerprint density at radius 3 is 2.24 bits per heavy atom. The minimum atomic E-state index is -0.611. The molecule has 1 amide bonds. The van der Waals surface area contributed by atoms with Gasteiger partial charge in [0.25, 0.3) is 11.6 Å². The van der Waals surface area contributed by atoms with Crippen molar-refractivity contribution in [2.75, 3.05) is 26.6 Å². The molecule has 2 aromatic rings. The van der Waals surface area contributed by atoms with Crippen LogP contribution in [-0.2, 0) is 0 Å². The Kier molecular flexibility index (Phi) is 5.66. The SMILES string of the molecule is COc1cc(OC)c(NC(=O)c2cc([N+](=O)[O-])ccc2OC)cc1Cl. The molecule has 8 nitrogen and oxygen atoms in total. The molecule has 2 aromatic carbocycles. The molecule has 0 aliphatic rings. The first-order chi connectivity index (χ1) is 11.9. The summed E-state index contributed by atoms with van der Waals surface area (Å²) in [5, 5.41) is 13.8. The zero-order valence-electron chi connectivity index (χ0n) is 13.7. The zero-order chi connectivity index (χ0) is 18.6. The van der Waals surface area contributed by atoms with E-state index in [0.717, 1.165) is 6.07 Å². The Hall–Kier alpha value is -3.00. The van der Waals surface area contributed by atoms with Gasteiger partial charge in [-0.05, 0) is 12.1 Å². The first-order valence-corrected chi connectivity index (χ1v) is 7.34. The Bertz CT molecular complexity index is 825. The van der Waals surface area contributed by atoms with E-state index >= 15 is 0 Å². The maximum atomic E-state index is 12.6. The third kappa shape index (κ3) is 3.92. The van der Waals surface area contributed by atoms with Crippen LogP contribution in [0.25, 0.3) is 0 Å². The zero-order valence-corrected chi connectivity index (χ0v) is 14.4. The molecular weight excluding hydrogens is 352 g/mol. The summed E-state index contributed by atoms with van der Waals surface area (Å²) >= 11 is 6.07. The standard InChI is InChI=1S/C16H15ClN2O6/c1-23-13-5-4-9(19(21)22)6-10(13)16(20)18-12-7-11(17)14(24-2)8-15(12)25-3/h4-8H,1-3H3,(H,18,20). The molecule has 132 valence electrons. The number of benzene rings is 2. The lowest BCUT2D eigenvalue weighted by atomic mass is 10.1. The maximum Gasteiger partial charge on any atom is 0.270 e. The minimum Gasteiger partial charge on any atom is -0.496 e. The number of nitrogens with one attached hydrogen (secondary N) is 1. The second kappa shape index (κ2) is 7.71. The fourth-order valence-electron chi connectivity index (χ4n) is 2.13. The summed E-state index contributed by atoms with van der Waals surface area (Å²) in [5.41, 5.74) is 0.0585. The maximum absolute atomic E-state index is 12.6. The van der Waals surface area contributed by atoms with E-state index in [1.165, 1.54) is 45.6 Å². The number of hydrogen-bond donors (Lipinski definition) is 1. The largest absolute Gasteiger partial charge is 0.496 e. The van der Waals surface area contributed by atoms with Crippen LogP contribution >= 0.6 is 11.6 Å². The van der Waals surface area contributed by atoms with E-state index in [-0.39, 0.29) is 27.7 Å². The number of nitro benzene ring substituents is 1. The van der Waals surface area contributed by atoms with Gasteiger partial charge in [0.2, 0.25) is 0 Å². The molecule has 9 heteroatoms. The van der Waals surface area contributed by atoms with Gasteiger partial charge in [-0.2, -0.15) is 0 Å². The van der Waals surface area contributed by atoms with Crippen molar-refractivity contribution in [3.63, 3.8) is 0 Å². The number of rotatable bonds is 6. The highest BCUT2D eigenvalue weighted by atomic mass is 35.5. The van der Waals surface area contributed by atoms with Crippen LogP contribution in [0.4, 0.5) is 11.4 Å². The van der Waals surface area contributed by atoms with Crippen molar-refractivity contribution >= 4 is 28.9 Å². The van der Waals surface area contributed by atoms with Crippen molar-refractivity contribution in [2.45, 2.75) is 0 Å². The lowest BCUT2D eigenvalue weighted by Crippen LogP contribution is -2.14. The molecule has 0 bridgehead atoms. The van der Waals surface area contributed by atoms with Crippen molar-refractivity contribution in [1.82, 2.24) is 0 Å². The third-order valence-corrected chi connectivity index (χ3v) is 3.66. The van der Waals surface area contributed by atoms with Crippen LogP contribution in [0, 0.1) is 10.1 Å². The molecular formula is C16H15ClN2O6. The van der Waals surface area contributed by atoms with E-state index in [1.54, 1.807) is 0 Å². The first-order valence-electron chi connectivity index (χ1n) is 6.96. The lowest BCUT2D eigenvalue weighted by molar-refractivity contribution is -0.384. The summed E-state index contributed by atoms with van der Waals surface area (Å²) in [6.07, 6.45) is 0. The number of amides is 1. The van der Waals surface area contributed by atoms with Gasteiger partial charge in [-0.1, -0.05) is 11.6 Å². The van der Waals surface area contributed by atoms with Gasteiger partial charge in [0.05, 0.1) is 42.5 Å². The molecule has 0 saturated heterocycles. The van der Waals surface area contributed by atoms with E-state index in [2.05, 4.69) is 5.32 Å². The fraction of sp³-hybridized carbons (Fsp3) is 0.188. The molecule has 0 atom stereocenters. The van der Waals surface area contributed by atoms with Crippen molar-refractivity contribution in [3.8, 4) is 17.2 Å². The van der Waals surface area contributed by atoms with Gasteiger partial charge >= 0.3 is 0 Å². The summed E-state index contributed by atoms with van der Waals surface area (Å²) < 4.78 is 15.4. The van der Waals surface area contributed by atoms with E-state index in [1.807, 2.05) is 0 Å². The molecule has 2 rings (SSSR count). The molecule has 0 unspecified atom stereocenters. The van der Waals surface area contributed by atoms with E-state index < -0.39 is 10.8 Å². The van der Waals surface area contributed by atoms with Crippen molar-refractivity contribution in [2.24, 2.45) is 0 Å². The van der Waals surface area contributed by atoms with Gasteiger partial charge in [-0.25, -0.2) is 0 Å². The van der Waals surface area contributed by atoms with E-state index in [0.29, 0.717) is 11.5 Å². The minimum absolute atomic E-state index is 0.00527. The molecule has 0 saturated carbocycles. The number of nitro groups is 1. The van der Waals surface area contributed by atoms with Gasteiger partial charge < -0.3 is 19.5 Å². The molecule has 0 aromatic heterocycles. The summed E-state index contributed by atoms with van der Waals surface area (Å²) in [6.45, 7) is 0. The second-order valence-corrected chi connectivity index (χ2v) is 5.19. The topological polar surface area (TPSA) is 99.9 Å². The van der Waals surface area contributed by atoms with Crippen molar-refractivity contribution < 1.29 is 23.9 Å². The molecule has 0 aliphatic carbocycles. The predicted octanol–water partition coefficient (Wildman–Crippen LogP) is 3.53. The number of halogens is 1. The Morgan fingerprint density at radius 1 is 1.04 bits per heavy atom. The number of carbonyl (C=O) groups is 1. The highest BCUT2D eigenvalue weighted by Gasteiger charge is 2.19. The van der Waals surface area contributed by atoms with E-state index in [4.69, 9.17) is 25.8 Å². The lowest BCUT2D eigenvalue weighted by Gasteiger charge is -2.14. The number of non-ortho nitro benzene ring substituents is 1. The van der Waals surface area contributed by atoms with Gasteiger partial charge in [0.1, 0.15) is 17.2 Å². The summed E-state index contributed by atoms with van der Waals surface area (Å²) in [7, 11) is 4.24. The summed E-state index contributed by atoms with van der Waals surface area (Å²) in [4.78, 5) is 22.9. The molecule has 25 heavy (non-hydrogen) atoms. The van der Waals surface area contributed by atoms with Gasteiger partial charge in [-0.3, -0.25) is 14.9 Å². The number of hydrogen-bond acceptors (Lipinski definition) is 6. The second-order valence-electron chi connectivity index (χ2n) is 4.78. The van der Waals surface area contributed by atoms with Gasteiger partial charge in [0.15, 0.2) is 0 Å². The van der Waals surface area contributed by atoms with Crippen LogP contribution in [0.2, 0.25) is 5.02 Å².